The highest BCUT2D eigenvalue weighted by Crippen LogP contribution is 2.19. The number of carbonyl (C=O) groups excluding carboxylic acids is 1. The summed E-state index contributed by atoms with van der Waals surface area (Å²) in [7, 11) is 0. The zero-order valence-corrected chi connectivity index (χ0v) is 11.1. The summed E-state index contributed by atoms with van der Waals surface area (Å²) in [6.45, 7) is 2.56. The number of carbonyl (C=O) groups is 1. The van der Waals surface area contributed by atoms with Gasteiger partial charge >= 0.3 is 0 Å². The van der Waals surface area contributed by atoms with Crippen LogP contribution in [-0.2, 0) is 0 Å². The van der Waals surface area contributed by atoms with Crippen molar-refractivity contribution in [3.05, 3.63) is 34.6 Å². The third-order valence-corrected chi connectivity index (χ3v) is 2.91. The Morgan fingerprint density at radius 2 is 2.17 bits per heavy atom. The van der Waals surface area contributed by atoms with Gasteiger partial charge in [-0.3, -0.25) is 4.79 Å². The number of halogens is 2. The maximum atomic E-state index is 13.7. The Morgan fingerprint density at radius 1 is 1.44 bits per heavy atom. The quantitative estimate of drug-likeness (QED) is 0.866. The van der Waals surface area contributed by atoms with Gasteiger partial charge in [0.25, 0.3) is 5.91 Å². The lowest BCUT2D eigenvalue weighted by Crippen LogP contribution is -2.35. The Labute approximate surface area is 111 Å². The van der Waals surface area contributed by atoms with Crippen molar-refractivity contribution in [1.82, 2.24) is 4.90 Å². The van der Waals surface area contributed by atoms with Gasteiger partial charge in [0.15, 0.2) is 5.82 Å². The minimum Gasteiger partial charge on any atom is -0.395 e. The highest BCUT2D eigenvalue weighted by atomic mass is 35.5. The van der Waals surface area contributed by atoms with Gasteiger partial charge in [0, 0.05) is 13.1 Å². The van der Waals surface area contributed by atoms with Crippen molar-refractivity contribution in [3.8, 4) is 0 Å². The summed E-state index contributed by atoms with van der Waals surface area (Å²) < 4.78 is 13.7. The third-order valence-electron chi connectivity index (χ3n) is 2.62. The second-order valence-corrected chi connectivity index (χ2v) is 4.38. The second-order valence-electron chi connectivity index (χ2n) is 3.97. The van der Waals surface area contributed by atoms with Gasteiger partial charge in [-0.25, -0.2) is 4.39 Å². The Morgan fingerprint density at radius 3 is 2.78 bits per heavy atom. The molecule has 1 amide bonds. The molecule has 1 rings (SSSR count). The first-order valence-corrected chi connectivity index (χ1v) is 6.33. The van der Waals surface area contributed by atoms with Crippen LogP contribution in [0.2, 0.25) is 5.02 Å². The molecule has 0 atom stereocenters. The molecule has 100 valence electrons. The molecule has 0 aromatic heterocycles. The Bertz CT molecular complexity index is 412. The van der Waals surface area contributed by atoms with Gasteiger partial charge in [0.2, 0.25) is 0 Å². The first-order valence-electron chi connectivity index (χ1n) is 5.96. The largest absolute Gasteiger partial charge is 0.395 e. The van der Waals surface area contributed by atoms with Gasteiger partial charge in [-0.2, -0.15) is 0 Å². The van der Waals surface area contributed by atoms with Crippen LogP contribution < -0.4 is 0 Å². The fourth-order valence-corrected chi connectivity index (χ4v) is 1.80. The van der Waals surface area contributed by atoms with Crippen molar-refractivity contribution >= 4 is 17.5 Å². The number of hydrogen-bond acceptors (Lipinski definition) is 2. The average molecular weight is 274 g/mol. The predicted octanol–water partition coefficient (Wildman–Crippen LogP) is 2.71. The summed E-state index contributed by atoms with van der Waals surface area (Å²) in [6.07, 6.45) is 1.74. The molecule has 0 aliphatic rings. The summed E-state index contributed by atoms with van der Waals surface area (Å²) in [6, 6.07) is 4.34. The van der Waals surface area contributed by atoms with E-state index in [4.69, 9.17) is 16.7 Å². The van der Waals surface area contributed by atoms with Crippen LogP contribution in [0.25, 0.3) is 0 Å². The minimum atomic E-state index is -0.705. The lowest BCUT2D eigenvalue weighted by atomic mass is 10.1. The zero-order chi connectivity index (χ0) is 13.5. The van der Waals surface area contributed by atoms with Crippen LogP contribution >= 0.6 is 11.6 Å². The van der Waals surface area contributed by atoms with Crippen LogP contribution in [0.4, 0.5) is 4.39 Å². The molecule has 0 fully saturated rings. The molecule has 0 saturated carbocycles. The average Bonchev–Trinajstić information content (AvgIpc) is 2.37. The molecule has 18 heavy (non-hydrogen) atoms. The molecule has 1 N–H and O–H groups in total. The van der Waals surface area contributed by atoms with E-state index in [9.17, 15) is 9.18 Å². The van der Waals surface area contributed by atoms with E-state index in [1.54, 1.807) is 0 Å². The van der Waals surface area contributed by atoms with E-state index in [-0.39, 0.29) is 23.7 Å². The zero-order valence-electron chi connectivity index (χ0n) is 10.3. The van der Waals surface area contributed by atoms with E-state index < -0.39 is 11.7 Å². The van der Waals surface area contributed by atoms with Gasteiger partial charge in [-0.1, -0.05) is 31.0 Å². The van der Waals surface area contributed by atoms with E-state index in [0.717, 1.165) is 12.8 Å². The van der Waals surface area contributed by atoms with Gasteiger partial charge in [-0.15, -0.1) is 0 Å². The molecular formula is C13H17ClFNO2. The van der Waals surface area contributed by atoms with Gasteiger partial charge in [0.05, 0.1) is 17.2 Å². The van der Waals surface area contributed by atoms with Crippen LogP contribution in [0.15, 0.2) is 18.2 Å². The number of nitrogens with zero attached hydrogens (tertiary/aromatic N) is 1. The highest BCUT2D eigenvalue weighted by Gasteiger charge is 2.19. The van der Waals surface area contributed by atoms with Crippen LogP contribution in [0.1, 0.15) is 30.1 Å². The van der Waals surface area contributed by atoms with Crippen molar-refractivity contribution in [2.75, 3.05) is 19.7 Å². The van der Waals surface area contributed by atoms with Crippen LogP contribution in [0.5, 0.6) is 0 Å². The Balaban J connectivity index is 2.90. The van der Waals surface area contributed by atoms with Crippen LogP contribution in [0, 0.1) is 5.82 Å². The SMILES string of the molecule is CCCCN(CCO)C(=O)c1cccc(Cl)c1F. The van der Waals surface area contributed by atoms with E-state index >= 15 is 0 Å². The number of unbranched alkanes of at least 4 members (excludes halogenated alkanes) is 1. The number of rotatable bonds is 6. The van der Waals surface area contributed by atoms with Gasteiger partial charge in [0.1, 0.15) is 0 Å². The Kier molecular flexibility index (Phi) is 6.09. The number of aliphatic hydroxyl groups excluding tert-OH is 1. The molecule has 0 radical (unpaired) electrons. The molecule has 0 heterocycles. The first kappa shape index (κ1) is 14.9. The molecule has 3 nitrogen and oxygen atoms in total. The van der Waals surface area contributed by atoms with Crippen molar-refractivity contribution in [1.29, 1.82) is 0 Å². The minimum absolute atomic E-state index is 0.0490. The summed E-state index contributed by atoms with van der Waals surface area (Å²) in [5.74, 6) is -1.14. The first-order chi connectivity index (χ1) is 8.61. The topological polar surface area (TPSA) is 40.5 Å². The van der Waals surface area contributed by atoms with Crippen molar-refractivity contribution in [3.63, 3.8) is 0 Å². The van der Waals surface area contributed by atoms with E-state index in [0.29, 0.717) is 6.54 Å². The molecule has 0 saturated heterocycles. The molecule has 1 aromatic rings. The number of hydrogen-bond donors (Lipinski definition) is 1. The molecule has 0 unspecified atom stereocenters. The second kappa shape index (κ2) is 7.34. The maximum Gasteiger partial charge on any atom is 0.256 e. The number of aliphatic hydroxyl groups is 1. The molecule has 0 spiro atoms. The fraction of sp³-hybridized carbons (Fsp3) is 0.462. The predicted molar refractivity (Wildman–Crippen MR) is 69.3 cm³/mol. The van der Waals surface area contributed by atoms with Gasteiger partial charge < -0.3 is 10.0 Å². The van der Waals surface area contributed by atoms with E-state index in [2.05, 4.69) is 0 Å². The lowest BCUT2D eigenvalue weighted by Gasteiger charge is -2.21. The number of benzene rings is 1. The molecule has 0 aliphatic carbocycles. The van der Waals surface area contributed by atoms with E-state index in [1.165, 1.54) is 23.1 Å². The van der Waals surface area contributed by atoms with Crippen molar-refractivity contribution < 1.29 is 14.3 Å². The molecule has 1 aromatic carbocycles. The van der Waals surface area contributed by atoms with Gasteiger partial charge in [-0.05, 0) is 18.6 Å². The van der Waals surface area contributed by atoms with Crippen molar-refractivity contribution in [2.45, 2.75) is 19.8 Å². The lowest BCUT2D eigenvalue weighted by molar-refractivity contribution is 0.0714. The standard InChI is InChI=1S/C13H17ClFNO2/c1-2-3-7-16(8-9-17)13(18)10-5-4-6-11(14)12(10)15/h4-6,17H,2-3,7-9H2,1H3. The summed E-state index contributed by atoms with van der Waals surface area (Å²) in [4.78, 5) is 13.6. The fourth-order valence-electron chi connectivity index (χ4n) is 1.62. The molecule has 0 bridgehead atoms. The van der Waals surface area contributed by atoms with E-state index in [1.807, 2.05) is 6.92 Å². The third kappa shape index (κ3) is 3.68. The highest BCUT2D eigenvalue weighted by molar-refractivity contribution is 6.31. The van der Waals surface area contributed by atoms with Crippen LogP contribution in [0.3, 0.4) is 0 Å². The van der Waals surface area contributed by atoms with Crippen LogP contribution in [-0.4, -0.2) is 35.6 Å². The summed E-state index contributed by atoms with van der Waals surface area (Å²) >= 11 is 5.65. The molecular weight excluding hydrogens is 257 g/mol. The maximum absolute atomic E-state index is 13.7. The summed E-state index contributed by atoms with van der Waals surface area (Å²) in [5, 5.41) is 8.87. The molecule has 5 heteroatoms. The van der Waals surface area contributed by atoms with Crippen molar-refractivity contribution in [2.24, 2.45) is 0 Å². The molecule has 0 aliphatic heterocycles. The monoisotopic (exact) mass is 273 g/mol. The summed E-state index contributed by atoms with van der Waals surface area (Å²) in [5.41, 5.74) is -0.0490. The Hall–Kier alpha value is -1.13. The normalized spacial score (nSPS) is 10.4. The number of amides is 1. The smallest absolute Gasteiger partial charge is 0.256 e.